The standard InChI is InChI=1S/C9H8N2O4/c1-7(10(12)13)5-8-3-2-4-9(6-8)11(14)15/h2-6H,1H3. The van der Waals surface area contributed by atoms with Gasteiger partial charge in [-0.3, -0.25) is 20.2 Å². The predicted molar refractivity (Wildman–Crippen MR) is 53.7 cm³/mol. The number of rotatable bonds is 3. The maximum atomic E-state index is 10.4. The Kier molecular flexibility index (Phi) is 3.12. The van der Waals surface area contributed by atoms with Gasteiger partial charge in [0.1, 0.15) is 0 Å². The van der Waals surface area contributed by atoms with Crippen molar-refractivity contribution in [3.8, 4) is 0 Å². The van der Waals surface area contributed by atoms with Crippen LogP contribution in [0.15, 0.2) is 30.0 Å². The van der Waals surface area contributed by atoms with Crippen molar-refractivity contribution < 1.29 is 9.85 Å². The van der Waals surface area contributed by atoms with Crippen molar-refractivity contribution in [2.24, 2.45) is 0 Å². The zero-order chi connectivity index (χ0) is 11.4. The summed E-state index contributed by atoms with van der Waals surface area (Å²) in [5.74, 6) is 0. The van der Waals surface area contributed by atoms with Gasteiger partial charge in [0.2, 0.25) is 5.70 Å². The third-order valence-electron chi connectivity index (χ3n) is 1.74. The van der Waals surface area contributed by atoms with E-state index in [1.807, 2.05) is 0 Å². The molecule has 0 saturated heterocycles. The highest BCUT2D eigenvalue weighted by molar-refractivity contribution is 5.54. The smallest absolute Gasteiger partial charge is 0.259 e. The molecule has 1 rings (SSSR count). The molecule has 0 aliphatic heterocycles. The Hall–Kier alpha value is -2.24. The van der Waals surface area contributed by atoms with E-state index >= 15 is 0 Å². The molecule has 0 radical (unpaired) electrons. The first-order valence-corrected chi connectivity index (χ1v) is 4.08. The molecule has 78 valence electrons. The van der Waals surface area contributed by atoms with E-state index < -0.39 is 9.85 Å². The molecule has 6 heteroatoms. The Morgan fingerprint density at radius 2 is 2.00 bits per heavy atom. The van der Waals surface area contributed by atoms with Crippen LogP contribution < -0.4 is 0 Å². The fourth-order valence-electron chi connectivity index (χ4n) is 1.02. The molecule has 0 aliphatic carbocycles. The molecule has 1 aromatic rings. The number of nitro benzene ring substituents is 1. The lowest BCUT2D eigenvalue weighted by Crippen LogP contribution is -1.93. The predicted octanol–water partition coefficient (Wildman–Crippen LogP) is 2.23. The molecular weight excluding hydrogens is 200 g/mol. The Balaban J connectivity index is 3.06. The highest BCUT2D eigenvalue weighted by Gasteiger charge is 2.07. The molecular formula is C9H8N2O4. The van der Waals surface area contributed by atoms with Crippen LogP contribution in [0.5, 0.6) is 0 Å². The van der Waals surface area contributed by atoms with Gasteiger partial charge in [0.15, 0.2) is 0 Å². The first kappa shape index (κ1) is 10.8. The van der Waals surface area contributed by atoms with E-state index in [2.05, 4.69) is 0 Å². The zero-order valence-electron chi connectivity index (χ0n) is 7.91. The maximum Gasteiger partial charge on any atom is 0.270 e. The quantitative estimate of drug-likeness (QED) is 0.562. The summed E-state index contributed by atoms with van der Waals surface area (Å²) in [6.45, 7) is 1.33. The fourth-order valence-corrected chi connectivity index (χ4v) is 1.02. The van der Waals surface area contributed by atoms with Gasteiger partial charge in [-0.15, -0.1) is 0 Å². The van der Waals surface area contributed by atoms with Crippen LogP contribution in [-0.2, 0) is 0 Å². The van der Waals surface area contributed by atoms with Gasteiger partial charge in [0.25, 0.3) is 5.69 Å². The van der Waals surface area contributed by atoms with Crippen molar-refractivity contribution in [2.75, 3.05) is 0 Å². The van der Waals surface area contributed by atoms with Gasteiger partial charge < -0.3 is 0 Å². The third kappa shape index (κ3) is 2.87. The monoisotopic (exact) mass is 208 g/mol. The number of benzene rings is 1. The number of hydrogen-bond donors (Lipinski definition) is 0. The number of hydrogen-bond acceptors (Lipinski definition) is 4. The van der Waals surface area contributed by atoms with E-state index in [-0.39, 0.29) is 11.4 Å². The summed E-state index contributed by atoms with van der Waals surface area (Å²) < 4.78 is 0. The minimum absolute atomic E-state index is 0.0597. The molecule has 0 fully saturated rings. The van der Waals surface area contributed by atoms with Crippen LogP contribution in [0.2, 0.25) is 0 Å². The minimum atomic E-state index is -0.543. The van der Waals surface area contributed by atoms with Crippen molar-refractivity contribution in [1.29, 1.82) is 0 Å². The maximum absolute atomic E-state index is 10.4. The van der Waals surface area contributed by atoms with Gasteiger partial charge in [-0.05, 0) is 5.56 Å². The Bertz CT molecular complexity index is 439. The number of allylic oxidation sites excluding steroid dienone is 1. The van der Waals surface area contributed by atoms with Crippen LogP contribution >= 0.6 is 0 Å². The van der Waals surface area contributed by atoms with E-state index in [9.17, 15) is 20.2 Å². The Morgan fingerprint density at radius 1 is 1.33 bits per heavy atom. The first-order valence-electron chi connectivity index (χ1n) is 4.08. The first-order chi connectivity index (χ1) is 7.00. The second kappa shape index (κ2) is 4.32. The Morgan fingerprint density at radius 3 is 2.53 bits per heavy atom. The summed E-state index contributed by atoms with van der Waals surface area (Å²) >= 11 is 0. The summed E-state index contributed by atoms with van der Waals surface area (Å²) in [6.07, 6.45) is 1.28. The van der Waals surface area contributed by atoms with Crippen LogP contribution in [0.4, 0.5) is 5.69 Å². The molecule has 0 amide bonds. The lowest BCUT2D eigenvalue weighted by molar-refractivity contribution is -0.422. The number of nitro groups is 2. The van der Waals surface area contributed by atoms with Crippen molar-refractivity contribution >= 4 is 11.8 Å². The highest BCUT2D eigenvalue weighted by atomic mass is 16.6. The van der Waals surface area contributed by atoms with Crippen LogP contribution in [0, 0.1) is 20.2 Å². The summed E-state index contributed by atoms with van der Waals surface area (Å²) in [7, 11) is 0. The van der Waals surface area contributed by atoms with Gasteiger partial charge >= 0.3 is 0 Å². The lowest BCUT2D eigenvalue weighted by atomic mass is 10.2. The molecule has 0 saturated carbocycles. The van der Waals surface area contributed by atoms with Crippen molar-refractivity contribution in [2.45, 2.75) is 6.92 Å². The summed E-state index contributed by atoms with van der Waals surface area (Å²) in [6, 6.07) is 5.67. The second-order valence-corrected chi connectivity index (χ2v) is 2.89. The number of non-ortho nitro benzene ring substituents is 1. The van der Waals surface area contributed by atoms with E-state index in [1.54, 1.807) is 6.07 Å². The minimum Gasteiger partial charge on any atom is -0.259 e. The van der Waals surface area contributed by atoms with Crippen LogP contribution in [0.3, 0.4) is 0 Å². The second-order valence-electron chi connectivity index (χ2n) is 2.89. The average Bonchev–Trinajstić information content (AvgIpc) is 2.18. The molecule has 0 atom stereocenters. The molecule has 0 unspecified atom stereocenters. The van der Waals surface area contributed by atoms with Gasteiger partial charge in [0.05, 0.1) is 9.85 Å². The van der Waals surface area contributed by atoms with Gasteiger partial charge in [-0.25, -0.2) is 0 Å². The molecule has 0 aliphatic rings. The van der Waals surface area contributed by atoms with Gasteiger partial charge in [-0.2, -0.15) is 0 Å². The normalized spacial score (nSPS) is 11.1. The van der Waals surface area contributed by atoms with E-state index in [4.69, 9.17) is 0 Å². The molecule has 0 spiro atoms. The topological polar surface area (TPSA) is 86.3 Å². The fraction of sp³-hybridized carbons (Fsp3) is 0.111. The zero-order valence-corrected chi connectivity index (χ0v) is 7.91. The molecule has 0 bridgehead atoms. The van der Waals surface area contributed by atoms with E-state index in [0.717, 1.165) is 0 Å². The van der Waals surface area contributed by atoms with Gasteiger partial charge in [0, 0.05) is 25.1 Å². The molecule has 6 nitrogen and oxygen atoms in total. The third-order valence-corrected chi connectivity index (χ3v) is 1.74. The van der Waals surface area contributed by atoms with Crippen molar-refractivity contribution in [3.63, 3.8) is 0 Å². The van der Waals surface area contributed by atoms with Crippen molar-refractivity contribution in [3.05, 3.63) is 55.8 Å². The molecule has 0 N–H and O–H groups in total. The van der Waals surface area contributed by atoms with Crippen LogP contribution in [-0.4, -0.2) is 9.85 Å². The lowest BCUT2D eigenvalue weighted by Gasteiger charge is -1.94. The largest absolute Gasteiger partial charge is 0.270 e. The Labute approximate surface area is 85.1 Å². The van der Waals surface area contributed by atoms with Gasteiger partial charge in [-0.1, -0.05) is 12.1 Å². The molecule has 15 heavy (non-hydrogen) atoms. The van der Waals surface area contributed by atoms with Crippen molar-refractivity contribution in [1.82, 2.24) is 0 Å². The summed E-state index contributed by atoms with van der Waals surface area (Å²) in [5, 5.41) is 20.7. The summed E-state index contributed by atoms with van der Waals surface area (Å²) in [5.41, 5.74) is 0.300. The SMILES string of the molecule is CC(=Cc1cccc([N+](=O)[O-])c1)[N+](=O)[O-]. The average molecular weight is 208 g/mol. The highest BCUT2D eigenvalue weighted by Crippen LogP contribution is 2.15. The molecule has 0 heterocycles. The van der Waals surface area contributed by atoms with Crippen LogP contribution in [0.1, 0.15) is 12.5 Å². The number of nitrogens with zero attached hydrogens (tertiary/aromatic N) is 2. The van der Waals surface area contributed by atoms with E-state index in [1.165, 1.54) is 31.2 Å². The summed E-state index contributed by atoms with van der Waals surface area (Å²) in [4.78, 5) is 19.7. The van der Waals surface area contributed by atoms with Crippen LogP contribution in [0.25, 0.3) is 6.08 Å². The van der Waals surface area contributed by atoms with E-state index in [0.29, 0.717) is 5.56 Å². The molecule has 0 aromatic heterocycles. The molecule has 1 aromatic carbocycles.